The number of hydrogen-bond acceptors (Lipinski definition) is 4. The van der Waals surface area contributed by atoms with Crippen LogP contribution in [0.25, 0.3) is 0 Å². The van der Waals surface area contributed by atoms with Crippen LogP contribution in [0, 0.1) is 0 Å². The highest BCUT2D eigenvalue weighted by atomic mass is 16.2. The number of nitrogens with zero attached hydrogens (tertiary/aromatic N) is 2. The maximum absolute atomic E-state index is 11.0. The van der Waals surface area contributed by atoms with Gasteiger partial charge in [0.05, 0.1) is 6.04 Å². The summed E-state index contributed by atoms with van der Waals surface area (Å²) in [4.78, 5) is 15.0. The molecule has 0 fully saturated rings. The van der Waals surface area contributed by atoms with Crippen molar-refractivity contribution in [2.75, 3.05) is 6.54 Å². The molecular weight excluding hydrogens is 182 g/mol. The van der Waals surface area contributed by atoms with Crippen molar-refractivity contribution in [2.45, 2.75) is 25.8 Å². The molecule has 1 unspecified atom stereocenters. The Labute approximate surface area is 82.3 Å². The fraction of sp³-hybridized carbons (Fsp3) is 0.625. The zero-order valence-electron chi connectivity index (χ0n) is 8.16. The molecule has 6 heteroatoms. The largest absolute Gasteiger partial charge is 0.355 e. The lowest BCUT2D eigenvalue weighted by atomic mass is 10.3. The van der Waals surface area contributed by atoms with Crippen LogP contribution in [0.1, 0.15) is 19.2 Å². The minimum absolute atomic E-state index is 0.123. The van der Waals surface area contributed by atoms with E-state index < -0.39 is 6.04 Å². The number of aromatic amines is 1. The Morgan fingerprint density at radius 3 is 3.14 bits per heavy atom. The molecule has 1 aromatic rings. The SMILES string of the molecule is CC(N)C(=O)NCCCc1ncn[nH]1. The van der Waals surface area contributed by atoms with E-state index in [9.17, 15) is 4.79 Å². The predicted molar refractivity (Wildman–Crippen MR) is 51.4 cm³/mol. The summed E-state index contributed by atoms with van der Waals surface area (Å²) in [6.45, 7) is 2.27. The Kier molecular flexibility index (Phi) is 4.06. The first-order chi connectivity index (χ1) is 6.70. The highest BCUT2D eigenvalue weighted by Crippen LogP contribution is 1.91. The summed E-state index contributed by atoms with van der Waals surface area (Å²) in [5.74, 6) is 0.711. The average molecular weight is 197 g/mol. The number of H-pyrrole nitrogens is 1. The maximum Gasteiger partial charge on any atom is 0.236 e. The summed E-state index contributed by atoms with van der Waals surface area (Å²) in [7, 11) is 0. The molecule has 1 rings (SSSR count). The molecule has 0 radical (unpaired) electrons. The molecule has 0 saturated heterocycles. The smallest absolute Gasteiger partial charge is 0.236 e. The van der Waals surface area contributed by atoms with Gasteiger partial charge in [0.25, 0.3) is 0 Å². The number of hydrogen-bond donors (Lipinski definition) is 3. The average Bonchev–Trinajstić information content (AvgIpc) is 2.64. The van der Waals surface area contributed by atoms with E-state index in [2.05, 4.69) is 20.5 Å². The summed E-state index contributed by atoms with van der Waals surface area (Å²) in [6, 6.07) is -0.444. The molecule has 1 heterocycles. The second-order valence-electron chi connectivity index (χ2n) is 3.12. The fourth-order valence-corrected chi connectivity index (χ4v) is 0.980. The number of carbonyl (C=O) groups is 1. The third-order valence-electron chi connectivity index (χ3n) is 1.77. The van der Waals surface area contributed by atoms with Crippen LogP contribution in [0.3, 0.4) is 0 Å². The zero-order chi connectivity index (χ0) is 10.4. The molecular formula is C8H15N5O. The quantitative estimate of drug-likeness (QED) is 0.538. The Morgan fingerprint density at radius 2 is 2.57 bits per heavy atom. The Balaban J connectivity index is 2.08. The van der Waals surface area contributed by atoms with Crippen LogP contribution in [0.4, 0.5) is 0 Å². The van der Waals surface area contributed by atoms with Gasteiger partial charge in [-0.05, 0) is 13.3 Å². The maximum atomic E-state index is 11.0. The van der Waals surface area contributed by atoms with E-state index in [0.29, 0.717) is 6.54 Å². The van der Waals surface area contributed by atoms with Gasteiger partial charge in [-0.25, -0.2) is 4.98 Å². The summed E-state index contributed by atoms with van der Waals surface area (Å²) >= 11 is 0. The third-order valence-corrected chi connectivity index (χ3v) is 1.77. The first-order valence-electron chi connectivity index (χ1n) is 4.57. The van der Waals surface area contributed by atoms with E-state index in [1.807, 2.05) is 0 Å². The normalized spacial score (nSPS) is 12.4. The second-order valence-corrected chi connectivity index (χ2v) is 3.12. The molecule has 0 aliphatic rings. The first kappa shape index (κ1) is 10.6. The molecule has 4 N–H and O–H groups in total. The summed E-state index contributed by atoms with van der Waals surface area (Å²) in [5, 5.41) is 9.19. The lowest BCUT2D eigenvalue weighted by Crippen LogP contribution is -2.38. The summed E-state index contributed by atoms with van der Waals surface area (Å²) in [6.07, 6.45) is 3.07. The molecule has 1 amide bonds. The highest BCUT2D eigenvalue weighted by molar-refractivity contribution is 5.80. The van der Waals surface area contributed by atoms with Gasteiger partial charge in [0.15, 0.2) is 0 Å². The van der Waals surface area contributed by atoms with Gasteiger partial charge in [0.1, 0.15) is 12.2 Å². The number of aryl methyl sites for hydroxylation is 1. The van der Waals surface area contributed by atoms with Crippen molar-refractivity contribution in [2.24, 2.45) is 5.73 Å². The minimum atomic E-state index is -0.444. The van der Waals surface area contributed by atoms with Crippen molar-refractivity contribution in [3.05, 3.63) is 12.2 Å². The standard InChI is InChI=1S/C8H15N5O/c1-6(9)8(14)10-4-2-3-7-11-5-12-13-7/h5-6H,2-4,9H2,1H3,(H,10,14)(H,11,12,13). The summed E-state index contributed by atoms with van der Waals surface area (Å²) < 4.78 is 0. The Bertz CT molecular complexity index is 269. The number of amides is 1. The molecule has 1 aromatic heterocycles. The second kappa shape index (κ2) is 5.33. The van der Waals surface area contributed by atoms with Gasteiger partial charge in [-0.2, -0.15) is 5.10 Å². The monoisotopic (exact) mass is 197 g/mol. The Morgan fingerprint density at radius 1 is 1.79 bits per heavy atom. The van der Waals surface area contributed by atoms with E-state index in [-0.39, 0.29) is 5.91 Å². The van der Waals surface area contributed by atoms with Gasteiger partial charge < -0.3 is 11.1 Å². The molecule has 78 valence electrons. The molecule has 0 aromatic carbocycles. The summed E-state index contributed by atoms with van der Waals surface area (Å²) in [5.41, 5.74) is 5.37. The van der Waals surface area contributed by atoms with Gasteiger partial charge in [-0.15, -0.1) is 0 Å². The van der Waals surface area contributed by atoms with Crippen molar-refractivity contribution in [3.8, 4) is 0 Å². The fourth-order valence-electron chi connectivity index (χ4n) is 0.980. The molecule has 6 nitrogen and oxygen atoms in total. The molecule has 1 atom stereocenters. The van der Waals surface area contributed by atoms with Crippen molar-refractivity contribution in [1.29, 1.82) is 0 Å². The predicted octanol–water partition coefficient (Wildman–Crippen LogP) is -0.799. The molecule has 0 aliphatic heterocycles. The van der Waals surface area contributed by atoms with E-state index in [1.165, 1.54) is 6.33 Å². The highest BCUT2D eigenvalue weighted by Gasteiger charge is 2.05. The number of nitrogens with one attached hydrogen (secondary N) is 2. The van der Waals surface area contributed by atoms with Crippen molar-refractivity contribution in [1.82, 2.24) is 20.5 Å². The molecule has 14 heavy (non-hydrogen) atoms. The minimum Gasteiger partial charge on any atom is -0.355 e. The van der Waals surface area contributed by atoms with Crippen LogP contribution in [-0.2, 0) is 11.2 Å². The Hall–Kier alpha value is -1.43. The molecule has 0 aliphatic carbocycles. The van der Waals surface area contributed by atoms with Crippen molar-refractivity contribution in [3.63, 3.8) is 0 Å². The molecule has 0 saturated carbocycles. The van der Waals surface area contributed by atoms with Crippen LogP contribution >= 0.6 is 0 Å². The lowest BCUT2D eigenvalue weighted by molar-refractivity contribution is -0.121. The third kappa shape index (κ3) is 3.53. The van der Waals surface area contributed by atoms with E-state index in [0.717, 1.165) is 18.7 Å². The number of nitrogens with two attached hydrogens (primary N) is 1. The number of aromatic nitrogens is 3. The van der Waals surface area contributed by atoms with E-state index >= 15 is 0 Å². The first-order valence-corrected chi connectivity index (χ1v) is 4.57. The van der Waals surface area contributed by atoms with Crippen molar-refractivity contribution < 1.29 is 4.79 Å². The van der Waals surface area contributed by atoms with Gasteiger partial charge in [0, 0.05) is 13.0 Å². The van der Waals surface area contributed by atoms with Crippen LogP contribution < -0.4 is 11.1 Å². The lowest BCUT2D eigenvalue weighted by Gasteiger charge is -2.06. The van der Waals surface area contributed by atoms with Crippen LogP contribution in [0.5, 0.6) is 0 Å². The van der Waals surface area contributed by atoms with Gasteiger partial charge >= 0.3 is 0 Å². The van der Waals surface area contributed by atoms with Crippen LogP contribution in [0.2, 0.25) is 0 Å². The van der Waals surface area contributed by atoms with Crippen molar-refractivity contribution >= 4 is 5.91 Å². The number of rotatable bonds is 5. The van der Waals surface area contributed by atoms with Gasteiger partial charge in [0.2, 0.25) is 5.91 Å². The molecule has 0 spiro atoms. The van der Waals surface area contributed by atoms with Gasteiger partial charge in [-0.1, -0.05) is 0 Å². The molecule has 0 bridgehead atoms. The van der Waals surface area contributed by atoms with Gasteiger partial charge in [-0.3, -0.25) is 9.89 Å². The number of carbonyl (C=O) groups excluding carboxylic acids is 1. The van der Waals surface area contributed by atoms with Crippen LogP contribution in [0.15, 0.2) is 6.33 Å². The topological polar surface area (TPSA) is 96.7 Å². The zero-order valence-corrected chi connectivity index (χ0v) is 8.16. The van der Waals surface area contributed by atoms with E-state index in [1.54, 1.807) is 6.92 Å². The van der Waals surface area contributed by atoms with Crippen LogP contribution in [-0.4, -0.2) is 33.7 Å². The van der Waals surface area contributed by atoms with E-state index in [4.69, 9.17) is 5.73 Å².